The van der Waals surface area contributed by atoms with E-state index in [1.807, 2.05) is 65.6 Å². The van der Waals surface area contributed by atoms with Crippen molar-refractivity contribution in [1.82, 2.24) is 9.27 Å². The van der Waals surface area contributed by atoms with Crippen LogP contribution in [-0.4, -0.2) is 53.7 Å². The molecule has 3 heterocycles. The minimum absolute atomic E-state index is 0.0299. The summed E-state index contributed by atoms with van der Waals surface area (Å²) in [5, 5.41) is 5.36. The smallest absolute Gasteiger partial charge is 0.242 e. The average molecular weight is 612 g/mol. The van der Waals surface area contributed by atoms with Gasteiger partial charge < -0.3 is 20.0 Å². The first kappa shape index (κ1) is 27.9. The number of allylic oxidation sites excluding steroid dienone is 1. The number of anilines is 3. The summed E-state index contributed by atoms with van der Waals surface area (Å²) >= 11 is 8.36. The Bertz CT molecular complexity index is 1760. The van der Waals surface area contributed by atoms with E-state index in [9.17, 15) is 9.59 Å². The molecule has 0 bridgehead atoms. The summed E-state index contributed by atoms with van der Waals surface area (Å²) in [5.41, 5.74) is 4.05. The zero-order chi connectivity index (χ0) is 29.7. The number of rotatable bonds is 4. The molecular formula is C34H34ClN5O2S. The minimum atomic E-state index is -0.491. The fraction of sp³-hybridized carbons (Fsp3) is 0.324. The van der Waals surface area contributed by atoms with E-state index >= 15 is 0 Å². The molecule has 1 aromatic heterocycles. The van der Waals surface area contributed by atoms with Gasteiger partial charge in [0.15, 0.2) is 5.78 Å². The number of halogens is 1. The maximum atomic E-state index is 14.1. The molecule has 1 amide bonds. The van der Waals surface area contributed by atoms with Gasteiger partial charge in [0.2, 0.25) is 5.91 Å². The summed E-state index contributed by atoms with van der Waals surface area (Å²) in [6.45, 7) is 7.04. The van der Waals surface area contributed by atoms with E-state index in [0.29, 0.717) is 43.2 Å². The number of carbonyl (C=O) groups excluding carboxylic acids is 2. The van der Waals surface area contributed by atoms with Crippen molar-refractivity contribution in [1.29, 1.82) is 0 Å². The van der Waals surface area contributed by atoms with Crippen LogP contribution < -0.4 is 15.1 Å². The molecule has 1 fully saturated rings. The molecule has 43 heavy (non-hydrogen) atoms. The number of nitrogens with zero attached hydrogens (tertiary/aromatic N) is 4. The van der Waals surface area contributed by atoms with Gasteiger partial charge in [-0.05, 0) is 59.3 Å². The van der Waals surface area contributed by atoms with Crippen LogP contribution in [0.15, 0.2) is 84.1 Å². The number of hydrogen-bond acceptors (Lipinski definition) is 7. The Kier molecular flexibility index (Phi) is 7.14. The van der Waals surface area contributed by atoms with Crippen molar-refractivity contribution in [3.05, 3.63) is 94.7 Å². The van der Waals surface area contributed by atoms with Crippen LogP contribution in [0, 0.1) is 5.41 Å². The molecule has 1 aliphatic carbocycles. The molecule has 1 atom stereocenters. The molecule has 1 N–H and O–H groups in total. The molecule has 9 heteroatoms. The van der Waals surface area contributed by atoms with Gasteiger partial charge in [0.1, 0.15) is 5.82 Å². The molecule has 0 spiro atoms. The Balaban J connectivity index is 1.22. The first-order chi connectivity index (χ1) is 20.8. The van der Waals surface area contributed by atoms with Crippen LogP contribution in [0.2, 0.25) is 5.02 Å². The van der Waals surface area contributed by atoms with E-state index in [-0.39, 0.29) is 23.7 Å². The van der Waals surface area contributed by atoms with Crippen LogP contribution >= 0.6 is 23.1 Å². The van der Waals surface area contributed by atoms with Gasteiger partial charge >= 0.3 is 0 Å². The Labute approximate surface area is 260 Å². The first-order valence-electron chi connectivity index (χ1n) is 14.8. The number of para-hydroxylation sites is 2. The van der Waals surface area contributed by atoms with Crippen molar-refractivity contribution in [2.24, 2.45) is 5.41 Å². The van der Waals surface area contributed by atoms with E-state index in [4.69, 9.17) is 16.0 Å². The van der Waals surface area contributed by atoms with Crippen molar-refractivity contribution in [3.8, 4) is 0 Å². The first-order valence-corrected chi connectivity index (χ1v) is 15.9. The highest BCUT2D eigenvalue weighted by Crippen LogP contribution is 2.49. The Morgan fingerprint density at radius 3 is 2.51 bits per heavy atom. The van der Waals surface area contributed by atoms with E-state index in [1.54, 1.807) is 0 Å². The van der Waals surface area contributed by atoms with Gasteiger partial charge in [0.25, 0.3) is 0 Å². The van der Waals surface area contributed by atoms with E-state index in [1.165, 1.54) is 16.2 Å². The van der Waals surface area contributed by atoms with Gasteiger partial charge in [-0.2, -0.15) is 4.37 Å². The molecule has 3 aromatic carbocycles. The third-order valence-corrected chi connectivity index (χ3v) is 9.96. The van der Waals surface area contributed by atoms with E-state index < -0.39 is 6.04 Å². The number of benzene rings is 3. The van der Waals surface area contributed by atoms with Crippen LogP contribution in [0.1, 0.15) is 38.3 Å². The summed E-state index contributed by atoms with van der Waals surface area (Å²) in [5.74, 6) is 1.12. The number of ketones is 1. The number of nitrogens with one attached hydrogen (secondary N) is 1. The van der Waals surface area contributed by atoms with Crippen molar-refractivity contribution in [2.75, 3.05) is 47.8 Å². The van der Waals surface area contributed by atoms with Crippen molar-refractivity contribution >= 4 is 62.1 Å². The molecule has 7 rings (SSSR count). The molecule has 3 aliphatic rings. The zero-order valence-corrected chi connectivity index (χ0v) is 25.9. The maximum Gasteiger partial charge on any atom is 0.242 e. The normalized spacial score (nSPS) is 20.0. The lowest BCUT2D eigenvalue weighted by molar-refractivity contribution is -0.130. The number of fused-ring (bicyclic) bond motifs is 2. The van der Waals surface area contributed by atoms with Gasteiger partial charge in [-0.25, -0.2) is 0 Å². The monoisotopic (exact) mass is 611 g/mol. The second-order valence-corrected chi connectivity index (χ2v) is 13.6. The summed E-state index contributed by atoms with van der Waals surface area (Å²) in [6.07, 6.45) is 1.18. The third kappa shape index (κ3) is 5.17. The van der Waals surface area contributed by atoms with Crippen LogP contribution in [0.5, 0.6) is 0 Å². The number of piperazine rings is 1. The maximum absolute atomic E-state index is 14.1. The lowest BCUT2D eigenvalue weighted by Gasteiger charge is -2.40. The summed E-state index contributed by atoms with van der Waals surface area (Å²) in [6, 6.07) is 23.5. The van der Waals surface area contributed by atoms with Gasteiger partial charge in [0, 0.05) is 54.3 Å². The third-order valence-electron chi connectivity index (χ3n) is 8.80. The van der Waals surface area contributed by atoms with Crippen LogP contribution in [0.3, 0.4) is 0 Å². The second kappa shape index (κ2) is 11.0. The van der Waals surface area contributed by atoms with Gasteiger partial charge in [-0.1, -0.05) is 67.9 Å². The molecule has 2 aliphatic heterocycles. The highest BCUT2D eigenvalue weighted by Gasteiger charge is 2.42. The van der Waals surface area contributed by atoms with Gasteiger partial charge in [-0.3, -0.25) is 9.59 Å². The molecule has 1 unspecified atom stereocenters. The Hall–Kier alpha value is -3.88. The standard InChI is InChI=1S/C34H34ClN5O2S/c1-34(2)19-26-31(28(41)20-34)32(22-9-3-5-11-24(22)35)40(27-13-7-6-12-25(27)36-26)21-30(42)38-15-17-39(18-16-38)33-23-10-4-8-14-29(23)43-37-33/h3-14,32,36H,15-21H2,1-2H3. The Morgan fingerprint density at radius 1 is 0.977 bits per heavy atom. The van der Waals surface area contributed by atoms with Crippen LogP contribution in [0.25, 0.3) is 10.1 Å². The molecule has 0 radical (unpaired) electrons. The van der Waals surface area contributed by atoms with Crippen molar-refractivity contribution in [3.63, 3.8) is 0 Å². The molecular weight excluding hydrogens is 578 g/mol. The van der Waals surface area contributed by atoms with Crippen LogP contribution in [-0.2, 0) is 9.59 Å². The topological polar surface area (TPSA) is 68.8 Å². The number of aromatic nitrogens is 1. The summed E-state index contributed by atoms with van der Waals surface area (Å²) in [4.78, 5) is 34.3. The predicted molar refractivity (Wildman–Crippen MR) is 175 cm³/mol. The van der Waals surface area contributed by atoms with Crippen molar-refractivity contribution < 1.29 is 9.59 Å². The van der Waals surface area contributed by atoms with Gasteiger partial charge in [0.05, 0.1) is 28.7 Å². The average Bonchev–Trinajstić information content (AvgIpc) is 3.37. The summed E-state index contributed by atoms with van der Waals surface area (Å²) in [7, 11) is 0. The number of amides is 1. The SMILES string of the molecule is CC1(C)CC(=O)C2=C(C1)Nc1ccccc1N(CC(=O)N1CCN(c3nsc4ccccc34)CC1)C2c1ccccc1Cl. The second-order valence-electron chi connectivity index (χ2n) is 12.4. The lowest BCUT2D eigenvalue weighted by atomic mass is 9.73. The summed E-state index contributed by atoms with van der Waals surface area (Å²) < 4.78 is 5.90. The largest absolute Gasteiger partial charge is 0.357 e. The van der Waals surface area contributed by atoms with Gasteiger partial charge in [-0.15, -0.1) is 0 Å². The number of hydrogen-bond donors (Lipinski definition) is 1. The zero-order valence-electron chi connectivity index (χ0n) is 24.3. The Morgan fingerprint density at radius 2 is 1.70 bits per heavy atom. The fourth-order valence-corrected chi connectivity index (χ4v) is 7.80. The highest BCUT2D eigenvalue weighted by atomic mass is 35.5. The van der Waals surface area contributed by atoms with Crippen LogP contribution in [0.4, 0.5) is 17.2 Å². The highest BCUT2D eigenvalue weighted by molar-refractivity contribution is 7.13. The molecule has 4 aromatic rings. The molecule has 7 nitrogen and oxygen atoms in total. The lowest BCUT2D eigenvalue weighted by Crippen LogP contribution is -2.52. The minimum Gasteiger partial charge on any atom is -0.357 e. The van der Waals surface area contributed by atoms with E-state index in [2.05, 4.69) is 41.1 Å². The van der Waals surface area contributed by atoms with E-state index in [0.717, 1.165) is 40.3 Å². The number of Topliss-reactive ketones (excluding diaryl/α,β-unsaturated/α-hetero) is 1. The van der Waals surface area contributed by atoms with Crippen molar-refractivity contribution in [2.45, 2.75) is 32.7 Å². The predicted octanol–water partition coefficient (Wildman–Crippen LogP) is 6.91. The molecule has 0 saturated carbocycles. The molecule has 1 saturated heterocycles. The quantitative estimate of drug-likeness (QED) is 0.270. The fourth-order valence-electron chi connectivity index (χ4n) is 6.76. The molecule has 220 valence electrons. The number of carbonyl (C=O) groups is 2.